The molecule has 0 aliphatic heterocycles. The van der Waals surface area contributed by atoms with Crippen molar-refractivity contribution >= 4 is 5.97 Å². The normalized spacial score (nSPS) is 12.4. The average Bonchev–Trinajstić information content (AvgIpc) is 2.26. The van der Waals surface area contributed by atoms with Crippen LogP contribution >= 0.6 is 0 Å². The zero-order chi connectivity index (χ0) is 12.0. The van der Waals surface area contributed by atoms with Crippen LogP contribution in [0.25, 0.3) is 0 Å². The summed E-state index contributed by atoms with van der Waals surface area (Å²) in [5, 5.41) is 8.69. The molecule has 0 amide bonds. The molecule has 0 aliphatic rings. The Morgan fingerprint density at radius 2 is 1.94 bits per heavy atom. The summed E-state index contributed by atoms with van der Waals surface area (Å²) in [7, 11) is 0. The smallest absolute Gasteiger partial charge is 0.306 e. The summed E-state index contributed by atoms with van der Waals surface area (Å²) in [5.74, 6) is -1.22. The van der Waals surface area contributed by atoms with E-state index in [-0.39, 0.29) is 11.7 Å². The van der Waals surface area contributed by atoms with E-state index in [0.29, 0.717) is 6.42 Å². The molecule has 3 heteroatoms. The second kappa shape index (κ2) is 6.26. The van der Waals surface area contributed by atoms with Gasteiger partial charge in [-0.05, 0) is 37.0 Å². The molecule has 1 unspecified atom stereocenters. The van der Waals surface area contributed by atoms with E-state index in [0.717, 1.165) is 24.8 Å². The highest BCUT2D eigenvalue weighted by atomic mass is 19.1. The fourth-order valence-corrected chi connectivity index (χ4v) is 1.55. The predicted molar refractivity (Wildman–Crippen MR) is 60.8 cm³/mol. The Kier molecular flexibility index (Phi) is 4.96. The Morgan fingerprint density at radius 3 is 2.50 bits per heavy atom. The molecule has 1 N–H and O–H groups in total. The molecule has 2 nitrogen and oxygen atoms in total. The number of carboxylic acid groups (broad SMARTS) is 1. The first kappa shape index (κ1) is 12.7. The van der Waals surface area contributed by atoms with Gasteiger partial charge < -0.3 is 5.11 Å². The van der Waals surface area contributed by atoms with Crippen molar-refractivity contribution in [1.29, 1.82) is 0 Å². The monoisotopic (exact) mass is 224 g/mol. The van der Waals surface area contributed by atoms with E-state index in [2.05, 4.69) is 0 Å². The summed E-state index contributed by atoms with van der Waals surface area (Å²) in [6.45, 7) is 1.72. The van der Waals surface area contributed by atoms with Crippen molar-refractivity contribution in [1.82, 2.24) is 0 Å². The van der Waals surface area contributed by atoms with Gasteiger partial charge in [-0.1, -0.05) is 25.5 Å². The van der Waals surface area contributed by atoms with Gasteiger partial charge in [-0.3, -0.25) is 4.79 Å². The van der Waals surface area contributed by atoms with Crippen molar-refractivity contribution in [3.8, 4) is 0 Å². The number of hydrogen-bond acceptors (Lipinski definition) is 1. The summed E-state index contributed by atoms with van der Waals surface area (Å²) in [6.07, 6.45) is 3.43. The molecule has 0 saturated heterocycles. The zero-order valence-corrected chi connectivity index (χ0v) is 9.45. The third kappa shape index (κ3) is 4.43. The zero-order valence-electron chi connectivity index (χ0n) is 9.45. The molecule has 1 aromatic rings. The molecule has 16 heavy (non-hydrogen) atoms. The molecule has 0 aliphatic carbocycles. The molecule has 0 spiro atoms. The Balaban J connectivity index is 2.21. The standard InChI is InChI=1S/C13H17FO2/c1-10(13(15)16)4-2-3-5-11-6-8-12(14)9-7-11/h6-10H,2-5H2,1H3,(H,15,16). The van der Waals surface area contributed by atoms with Crippen molar-refractivity contribution in [2.24, 2.45) is 5.92 Å². The lowest BCUT2D eigenvalue weighted by Crippen LogP contribution is -2.08. The maximum absolute atomic E-state index is 12.6. The van der Waals surface area contributed by atoms with Crippen LogP contribution in [0.3, 0.4) is 0 Å². The average molecular weight is 224 g/mol. The van der Waals surface area contributed by atoms with Gasteiger partial charge in [-0.15, -0.1) is 0 Å². The van der Waals surface area contributed by atoms with E-state index in [1.54, 1.807) is 19.1 Å². The minimum Gasteiger partial charge on any atom is -0.481 e. The van der Waals surface area contributed by atoms with Crippen molar-refractivity contribution in [2.45, 2.75) is 32.6 Å². The number of aryl methyl sites for hydroxylation is 1. The molecule has 0 bridgehead atoms. The minimum absolute atomic E-state index is 0.219. The van der Waals surface area contributed by atoms with Crippen LogP contribution in [-0.4, -0.2) is 11.1 Å². The number of carboxylic acids is 1. The molecule has 1 atom stereocenters. The molecule has 0 aromatic heterocycles. The molecule has 0 fully saturated rings. The highest BCUT2D eigenvalue weighted by Crippen LogP contribution is 2.11. The third-order valence-electron chi connectivity index (χ3n) is 2.69. The summed E-state index contributed by atoms with van der Waals surface area (Å²) in [4.78, 5) is 10.6. The lowest BCUT2D eigenvalue weighted by molar-refractivity contribution is -0.141. The highest BCUT2D eigenvalue weighted by Gasteiger charge is 2.09. The van der Waals surface area contributed by atoms with Gasteiger partial charge in [0.2, 0.25) is 0 Å². The Bertz CT molecular complexity index is 332. The molecule has 0 heterocycles. The number of benzene rings is 1. The lowest BCUT2D eigenvalue weighted by Gasteiger charge is -2.05. The summed E-state index contributed by atoms with van der Waals surface area (Å²) < 4.78 is 12.6. The van der Waals surface area contributed by atoms with Crippen molar-refractivity contribution in [2.75, 3.05) is 0 Å². The summed E-state index contributed by atoms with van der Waals surface area (Å²) in [6, 6.07) is 6.45. The maximum atomic E-state index is 12.6. The molecular weight excluding hydrogens is 207 g/mol. The molecule has 1 aromatic carbocycles. The minimum atomic E-state index is -0.734. The molecule has 0 saturated carbocycles. The maximum Gasteiger partial charge on any atom is 0.306 e. The molecule has 1 rings (SSSR count). The molecule has 88 valence electrons. The van der Waals surface area contributed by atoms with Gasteiger partial charge in [0.15, 0.2) is 0 Å². The number of halogens is 1. The van der Waals surface area contributed by atoms with Gasteiger partial charge >= 0.3 is 5.97 Å². The fourth-order valence-electron chi connectivity index (χ4n) is 1.55. The number of hydrogen-bond donors (Lipinski definition) is 1. The van der Waals surface area contributed by atoms with Crippen LogP contribution in [0.4, 0.5) is 4.39 Å². The molecular formula is C13H17FO2. The van der Waals surface area contributed by atoms with Crippen LogP contribution in [-0.2, 0) is 11.2 Å². The van der Waals surface area contributed by atoms with E-state index in [1.807, 2.05) is 0 Å². The fraction of sp³-hybridized carbons (Fsp3) is 0.462. The second-order valence-electron chi connectivity index (χ2n) is 4.11. The van der Waals surface area contributed by atoms with Crippen LogP contribution in [0.5, 0.6) is 0 Å². The van der Waals surface area contributed by atoms with Crippen LogP contribution in [0.15, 0.2) is 24.3 Å². The Hall–Kier alpha value is -1.38. The van der Waals surface area contributed by atoms with Crippen molar-refractivity contribution in [3.63, 3.8) is 0 Å². The number of rotatable bonds is 6. The first-order chi connectivity index (χ1) is 7.59. The quantitative estimate of drug-likeness (QED) is 0.753. The SMILES string of the molecule is CC(CCCCc1ccc(F)cc1)C(=O)O. The van der Waals surface area contributed by atoms with Gasteiger partial charge in [0, 0.05) is 0 Å². The van der Waals surface area contributed by atoms with E-state index in [4.69, 9.17) is 5.11 Å². The lowest BCUT2D eigenvalue weighted by atomic mass is 10.0. The van der Waals surface area contributed by atoms with Crippen LogP contribution < -0.4 is 0 Å². The first-order valence-corrected chi connectivity index (χ1v) is 5.57. The number of aliphatic carboxylic acids is 1. The van der Waals surface area contributed by atoms with Gasteiger partial charge in [-0.2, -0.15) is 0 Å². The van der Waals surface area contributed by atoms with Gasteiger partial charge in [0.1, 0.15) is 5.82 Å². The van der Waals surface area contributed by atoms with Crippen LogP contribution in [0.2, 0.25) is 0 Å². The largest absolute Gasteiger partial charge is 0.481 e. The predicted octanol–water partition coefficient (Wildman–Crippen LogP) is 3.26. The van der Waals surface area contributed by atoms with Crippen LogP contribution in [0.1, 0.15) is 31.7 Å². The Morgan fingerprint density at radius 1 is 1.31 bits per heavy atom. The number of unbranched alkanes of at least 4 members (excludes halogenated alkanes) is 1. The topological polar surface area (TPSA) is 37.3 Å². The number of carbonyl (C=O) groups is 1. The first-order valence-electron chi connectivity index (χ1n) is 5.57. The van der Waals surface area contributed by atoms with Gasteiger partial charge in [0.05, 0.1) is 5.92 Å². The summed E-state index contributed by atoms with van der Waals surface area (Å²) in [5.41, 5.74) is 1.10. The van der Waals surface area contributed by atoms with Gasteiger partial charge in [0.25, 0.3) is 0 Å². The highest BCUT2D eigenvalue weighted by molar-refractivity contribution is 5.69. The van der Waals surface area contributed by atoms with Crippen molar-refractivity contribution < 1.29 is 14.3 Å². The van der Waals surface area contributed by atoms with E-state index >= 15 is 0 Å². The van der Waals surface area contributed by atoms with Gasteiger partial charge in [-0.25, -0.2) is 4.39 Å². The second-order valence-corrected chi connectivity index (χ2v) is 4.11. The summed E-state index contributed by atoms with van der Waals surface area (Å²) >= 11 is 0. The van der Waals surface area contributed by atoms with E-state index in [9.17, 15) is 9.18 Å². The van der Waals surface area contributed by atoms with E-state index in [1.165, 1.54) is 12.1 Å². The van der Waals surface area contributed by atoms with Crippen molar-refractivity contribution in [3.05, 3.63) is 35.6 Å². The van der Waals surface area contributed by atoms with Crippen LogP contribution in [0, 0.1) is 11.7 Å². The molecule has 0 radical (unpaired) electrons. The third-order valence-corrected chi connectivity index (χ3v) is 2.69. The van der Waals surface area contributed by atoms with E-state index < -0.39 is 5.97 Å². The Labute approximate surface area is 95.1 Å².